The highest BCUT2D eigenvalue weighted by molar-refractivity contribution is 7.19. The summed E-state index contributed by atoms with van der Waals surface area (Å²) in [7, 11) is 0. The van der Waals surface area contributed by atoms with Crippen molar-refractivity contribution in [1.29, 1.82) is 0 Å². The summed E-state index contributed by atoms with van der Waals surface area (Å²) >= 11 is 1.38. The molecule has 0 aliphatic carbocycles. The molecule has 6 nitrogen and oxygen atoms in total. The van der Waals surface area contributed by atoms with Crippen molar-refractivity contribution in [1.82, 2.24) is 9.66 Å². The Morgan fingerprint density at radius 1 is 1.13 bits per heavy atom. The highest BCUT2D eigenvalue weighted by atomic mass is 32.1. The monoisotopic (exact) mass is 427 g/mol. The molecule has 30 heavy (non-hydrogen) atoms. The van der Waals surface area contributed by atoms with Gasteiger partial charge in [-0.1, -0.05) is 42.5 Å². The molecule has 2 aromatic carbocycles. The lowest BCUT2D eigenvalue weighted by molar-refractivity contribution is -0.0501. The van der Waals surface area contributed by atoms with E-state index in [1.807, 2.05) is 37.3 Å². The predicted molar refractivity (Wildman–Crippen MR) is 111 cm³/mol. The minimum absolute atomic E-state index is 0.130. The molecule has 4 rings (SSSR count). The molecule has 0 atom stereocenters. The highest BCUT2D eigenvalue weighted by Crippen LogP contribution is 2.35. The largest absolute Gasteiger partial charge is 0.434 e. The molecule has 0 saturated carbocycles. The number of alkyl halides is 2. The average molecular weight is 427 g/mol. The van der Waals surface area contributed by atoms with E-state index < -0.39 is 18.1 Å². The molecule has 0 saturated heterocycles. The van der Waals surface area contributed by atoms with Crippen LogP contribution in [0.4, 0.5) is 8.78 Å². The van der Waals surface area contributed by atoms with Crippen LogP contribution < -0.4 is 15.7 Å². The van der Waals surface area contributed by atoms with E-state index in [-0.39, 0.29) is 11.3 Å². The summed E-state index contributed by atoms with van der Waals surface area (Å²) in [5, 5.41) is 0.378. The van der Waals surface area contributed by atoms with Crippen LogP contribution in [0, 0.1) is 6.92 Å². The van der Waals surface area contributed by atoms with Gasteiger partial charge in [-0.05, 0) is 24.6 Å². The zero-order chi connectivity index (χ0) is 21.3. The van der Waals surface area contributed by atoms with Gasteiger partial charge >= 0.3 is 6.61 Å². The van der Waals surface area contributed by atoms with Gasteiger partial charge in [0.05, 0.1) is 10.9 Å². The molecule has 152 valence electrons. The molecule has 0 aliphatic heterocycles. The van der Waals surface area contributed by atoms with E-state index in [0.29, 0.717) is 10.2 Å². The smallest absolute Gasteiger partial charge is 0.387 e. The fourth-order valence-electron chi connectivity index (χ4n) is 3.16. The number of benzene rings is 2. The number of aromatic nitrogens is 2. The van der Waals surface area contributed by atoms with Crippen molar-refractivity contribution in [3.8, 4) is 16.9 Å². The number of para-hydroxylation sites is 1. The number of nitrogens with zero attached hydrogens (tertiary/aromatic N) is 2. The minimum atomic E-state index is -3.08. The number of ether oxygens (including phenoxy) is 1. The first kappa shape index (κ1) is 19.7. The molecule has 0 unspecified atom stereocenters. The van der Waals surface area contributed by atoms with E-state index in [0.717, 1.165) is 20.7 Å². The second kappa shape index (κ2) is 8.03. The Balaban J connectivity index is 1.76. The van der Waals surface area contributed by atoms with Crippen molar-refractivity contribution in [3.63, 3.8) is 0 Å². The number of amides is 1. The lowest BCUT2D eigenvalue weighted by atomic mass is 10.0. The number of carbonyl (C=O) groups excluding carboxylic acids is 1. The third-order valence-electron chi connectivity index (χ3n) is 4.42. The van der Waals surface area contributed by atoms with Gasteiger partial charge in [0.15, 0.2) is 0 Å². The summed E-state index contributed by atoms with van der Waals surface area (Å²) in [4.78, 5) is 31.5. The zero-order valence-corrected chi connectivity index (χ0v) is 16.5. The van der Waals surface area contributed by atoms with Crippen molar-refractivity contribution >= 4 is 27.5 Å². The molecule has 0 bridgehead atoms. The topological polar surface area (TPSA) is 73.2 Å². The second-order valence-corrected chi connectivity index (χ2v) is 7.52. The first-order chi connectivity index (χ1) is 14.5. The van der Waals surface area contributed by atoms with Gasteiger partial charge in [-0.25, -0.2) is 9.66 Å². The number of nitrogens with one attached hydrogen (secondary N) is 1. The Labute approximate surface area is 173 Å². The number of hydrogen-bond acceptors (Lipinski definition) is 5. The van der Waals surface area contributed by atoms with Crippen LogP contribution in [0.1, 0.15) is 15.2 Å². The maximum Gasteiger partial charge on any atom is 0.387 e. The summed E-state index contributed by atoms with van der Waals surface area (Å²) in [6, 6.07) is 15.0. The molecule has 1 N–H and O–H groups in total. The molecular weight excluding hydrogens is 412 g/mol. The Bertz CT molecular complexity index is 1290. The van der Waals surface area contributed by atoms with Crippen LogP contribution in [0.2, 0.25) is 0 Å². The maximum absolute atomic E-state index is 13.1. The van der Waals surface area contributed by atoms with Crippen LogP contribution in [0.3, 0.4) is 0 Å². The summed E-state index contributed by atoms with van der Waals surface area (Å²) in [5.74, 6) is -1.06. The van der Waals surface area contributed by atoms with Crippen LogP contribution in [-0.4, -0.2) is 22.2 Å². The van der Waals surface area contributed by atoms with E-state index in [1.165, 1.54) is 41.9 Å². The van der Waals surface area contributed by atoms with Crippen molar-refractivity contribution in [2.24, 2.45) is 0 Å². The van der Waals surface area contributed by atoms with Crippen LogP contribution in [-0.2, 0) is 0 Å². The van der Waals surface area contributed by atoms with Crippen molar-refractivity contribution in [2.75, 3.05) is 5.43 Å². The average Bonchev–Trinajstić information content (AvgIpc) is 3.07. The molecule has 0 fully saturated rings. The zero-order valence-electron chi connectivity index (χ0n) is 15.6. The van der Waals surface area contributed by atoms with Gasteiger partial charge in [-0.3, -0.25) is 15.0 Å². The lowest BCUT2D eigenvalue weighted by Gasteiger charge is -2.12. The number of thiophene rings is 1. The molecule has 0 radical (unpaired) electrons. The van der Waals surface area contributed by atoms with Crippen molar-refractivity contribution < 1.29 is 18.3 Å². The molecule has 0 aliphatic rings. The Morgan fingerprint density at radius 3 is 2.57 bits per heavy atom. The Morgan fingerprint density at radius 2 is 1.83 bits per heavy atom. The SMILES string of the molecule is Cc1sc2ncn(NC(=O)c3ccccc3OC(F)F)c(=O)c2c1-c1ccccc1. The molecular formula is C21H15F2N3O3S. The summed E-state index contributed by atoms with van der Waals surface area (Å²) in [6.07, 6.45) is 1.20. The van der Waals surface area contributed by atoms with Gasteiger partial charge in [-0.2, -0.15) is 8.78 Å². The predicted octanol–water partition coefficient (Wildman–Crippen LogP) is 4.42. The van der Waals surface area contributed by atoms with Crippen LogP contribution in [0.25, 0.3) is 21.3 Å². The van der Waals surface area contributed by atoms with Crippen molar-refractivity contribution in [3.05, 3.63) is 81.7 Å². The van der Waals surface area contributed by atoms with Gasteiger partial charge in [0.25, 0.3) is 11.5 Å². The first-order valence-corrected chi connectivity index (χ1v) is 9.68. The highest BCUT2D eigenvalue weighted by Gasteiger charge is 2.19. The van der Waals surface area contributed by atoms with E-state index in [2.05, 4.69) is 15.1 Å². The summed E-state index contributed by atoms with van der Waals surface area (Å²) in [5.41, 5.74) is 3.41. The molecule has 1 amide bonds. The number of carbonyl (C=O) groups is 1. The third kappa shape index (κ3) is 3.67. The number of fused-ring (bicyclic) bond motifs is 1. The quantitative estimate of drug-likeness (QED) is 0.512. The van der Waals surface area contributed by atoms with E-state index in [1.54, 1.807) is 0 Å². The summed E-state index contributed by atoms with van der Waals surface area (Å²) in [6.45, 7) is -1.18. The van der Waals surface area contributed by atoms with E-state index in [4.69, 9.17) is 0 Å². The maximum atomic E-state index is 13.1. The number of rotatable bonds is 5. The Hall–Kier alpha value is -3.59. The van der Waals surface area contributed by atoms with Gasteiger partial charge < -0.3 is 4.74 Å². The summed E-state index contributed by atoms with van der Waals surface area (Å²) < 4.78 is 30.6. The standard InChI is InChI=1S/C21H15F2N3O3S/c1-12-16(13-7-3-2-4-8-13)17-19(30-12)24-11-26(20(17)28)25-18(27)14-9-5-6-10-15(14)29-21(22)23/h2-11,21H,1H3,(H,25,27). The molecule has 9 heteroatoms. The fourth-order valence-corrected chi connectivity index (χ4v) is 4.16. The van der Waals surface area contributed by atoms with Crippen LogP contribution >= 0.6 is 11.3 Å². The van der Waals surface area contributed by atoms with Crippen LogP contribution in [0.5, 0.6) is 5.75 Å². The van der Waals surface area contributed by atoms with Gasteiger partial charge in [-0.15, -0.1) is 11.3 Å². The van der Waals surface area contributed by atoms with Gasteiger partial charge in [0.2, 0.25) is 0 Å². The molecule has 2 heterocycles. The van der Waals surface area contributed by atoms with Crippen LogP contribution in [0.15, 0.2) is 65.7 Å². The van der Waals surface area contributed by atoms with E-state index >= 15 is 0 Å². The third-order valence-corrected chi connectivity index (χ3v) is 5.43. The second-order valence-electron chi connectivity index (χ2n) is 6.31. The fraction of sp³-hybridized carbons (Fsp3) is 0.0952. The molecule has 4 aromatic rings. The number of aryl methyl sites for hydroxylation is 1. The van der Waals surface area contributed by atoms with E-state index in [9.17, 15) is 18.4 Å². The Kier molecular flexibility index (Phi) is 5.28. The lowest BCUT2D eigenvalue weighted by Crippen LogP contribution is -2.33. The normalized spacial score (nSPS) is 11.1. The number of halogens is 2. The molecule has 2 aromatic heterocycles. The first-order valence-electron chi connectivity index (χ1n) is 8.87. The minimum Gasteiger partial charge on any atom is -0.434 e. The van der Waals surface area contributed by atoms with Gasteiger partial charge in [0.1, 0.15) is 16.9 Å². The number of hydrogen-bond donors (Lipinski definition) is 1. The van der Waals surface area contributed by atoms with Gasteiger partial charge in [0, 0.05) is 10.4 Å². The molecule has 0 spiro atoms. The van der Waals surface area contributed by atoms with Crippen molar-refractivity contribution in [2.45, 2.75) is 13.5 Å².